The van der Waals surface area contributed by atoms with Crippen molar-refractivity contribution in [3.05, 3.63) is 63.4 Å². The number of carbonyl (C=O) groups is 3. The molecule has 0 saturated carbocycles. The zero-order chi connectivity index (χ0) is 24.1. The summed E-state index contributed by atoms with van der Waals surface area (Å²) >= 11 is 0. The first-order valence-electron chi connectivity index (χ1n) is 10.0. The highest BCUT2D eigenvalue weighted by Crippen LogP contribution is 2.22. The van der Waals surface area contributed by atoms with Gasteiger partial charge < -0.3 is 26.6 Å². The third-order valence-corrected chi connectivity index (χ3v) is 5.10. The molecule has 3 rings (SSSR count). The Morgan fingerprint density at radius 3 is 2.45 bits per heavy atom. The maximum atomic E-state index is 12.3. The lowest BCUT2D eigenvalue weighted by Gasteiger charge is -2.14. The third-order valence-electron chi connectivity index (χ3n) is 5.10. The maximum absolute atomic E-state index is 12.3. The highest BCUT2D eigenvalue weighted by atomic mass is 16.4. The van der Waals surface area contributed by atoms with Gasteiger partial charge in [-0.15, -0.1) is 0 Å². The first-order valence-corrected chi connectivity index (χ1v) is 10.0. The van der Waals surface area contributed by atoms with Crippen LogP contribution in [0.1, 0.15) is 34.3 Å². The number of aliphatic carboxylic acids is 2. The minimum atomic E-state index is -1.30. The lowest BCUT2D eigenvalue weighted by atomic mass is 10.1. The molecule has 33 heavy (non-hydrogen) atoms. The van der Waals surface area contributed by atoms with E-state index in [0.29, 0.717) is 17.4 Å². The number of rotatable bonds is 9. The Hall–Kier alpha value is -4.41. The van der Waals surface area contributed by atoms with Crippen molar-refractivity contribution in [3.63, 3.8) is 0 Å². The molecule has 0 saturated heterocycles. The quantitative estimate of drug-likeness (QED) is 0.279. The summed E-state index contributed by atoms with van der Waals surface area (Å²) in [6.45, 7) is 2.21. The van der Waals surface area contributed by atoms with Gasteiger partial charge >= 0.3 is 11.9 Å². The van der Waals surface area contributed by atoms with Crippen molar-refractivity contribution in [1.82, 2.24) is 15.3 Å². The number of nitrogens with one attached hydrogen (secondary N) is 3. The van der Waals surface area contributed by atoms with Crippen molar-refractivity contribution in [2.45, 2.75) is 32.4 Å². The van der Waals surface area contributed by atoms with Crippen LogP contribution in [0.15, 0.2) is 41.2 Å². The molecule has 3 aromatic rings. The van der Waals surface area contributed by atoms with Crippen LogP contribution in [0.25, 0.3) is 10.9 Å². The minimum Gasteiger partial charge on any atom is -0.481 e. The van der Waals surface area contributed by atoms with Crippen molar-refractivity contribution < 1.29 is 24.6 Å². The van der Waals surface area contributed by atoms with Crippen molar-refractivity contribution in [2.24, 2.45) is 0 Å². The molecule has 7 N–H and O–H groups in total. The van der Waals surface area contributed by atoms with Crippen molar-refractivity contribution in [1.29, 1.82) is 0 Å². The highest BCUT2D eigenvalue weighted by Gasteiger charge is 2.21. The molecule has 1 atom stereocenters. The molecule has 2 aromatic carbocycles. The smallest absolute Gasteiger partial charge is 0.326 e. The molecule has 0 fully saturated rings. The Morgan fingerprint density at radius 2 is 1.82 bits per heavy atom. The SMILES string of the molecule is Cc1c(NCc2ccc(C(=O)N[C@@H](CCC(=O)O)C(=O)O)cc2)ccc2nc(N)[nH]c(=O)c12. The normalized spacial score (nSPS) is 11.7. The van der Waals surface area contributed by atoms with Crippen molar-refractivity contribution in [3.8, 4) is 0 Å². The van der Waals surface area contributed by atoms with Crippen LogP contribution in [-0.4, -0.2) is 44.1 Å². The number of H-pyrrole nitrogens is 1. The molecule has 1 amide bonds. The van der Waals surface area contributed by atoms with Gasteiger partial charge in [0.05, 0.1) is 10.9 Å². The molecular weight excluding hydrogens is 430 g/mol. The molecule has 0 aliphatic carbocycles. The van der Waals surface area contributed by atoms with Gasteiger partial charge in [0.25, 0.3) is 11.5 Å². The second-order valence-electron chi connectivity index (χ2n) is 7.43. The number of carboxylic acids is 2. The first kappa shape index (κ1) is 23.3. The van der Waals surface area contributed by atoms with Crippen LogP contribution < -0.4 is 21.9 Å². The second kappa shape index (κ2) is 9.81. The summed E-state index contributed by atoms with van der Waals surface area (Å²) in [5, 5.41) is 23.9. The number of nitrogen functional groups attached to an aromatic ring is 1. The third kappa shape index (κ3) is 5.64. The molecule has 1 aromatic heterocycles. The van der Waals surface area contributed by atoms with E-state index < -0.39 is 23.9 Å². The predicted molar refractivity (Wildman–Crippen MR) is 121 cm³/mol. The number of nitrogens with zero attached hydrogens (tertiary/aromatic N) is 1. The number of carbonyl (C=O) groups excluding carboxylic acids is 1. The topological polar surface area (TPSA) is 188 Å². The molecule has 0 spiro atoms. The van der Waals surface area contributed by atoms with E-state index in [0.717, 1.165) is 16.8 Å². The number of aromatic nitrogens is 2. The van der Waals surface area contributed by atoms with E-state index in [-0.39, 0.29) is 29.9 Å². The van der Waals surface area contributed by atoms with Crippen LogP contribution in [0.5, 0.6) is 0 Å². The summed E-state index contributed by atoms with van der Waals surface area (Å²) < 4.78 is 0. The van der Waals surface area contributed by atoms with Gasteiger partial charge in [-0.25, -0.2) is 9.78 Å². The van der Waals surface area contributed by atoms with Gasteiger partial charge in [-0.05, 0) is 48.7 Å². The standard InChI is InChI=1S/C22H23N5O6/c1-11-14(6-7-15-18(11)20(31)27-22(23)26-15)24-10-12-2-4-13(5-3-12)19(30)25-16(21(32)33)8-9-17(28)29/h2-7,16,24H,8-10H2,1H3,(H,25,30)(H,28,29)(H,32,33)(H3,23,26,27,31)/t16-/m0/s1. The molecule has 0 bridgehead atoms. The van der Waals surface area contributed by atoms with Crippen LogP contribution in [0.4, 0.5) is 11.6 Å². The van der Waals surface area contributed by atoms with Gasteiger partial charge in [-0.2, -0.15) is 0 Å². The monoisotopic (exact) mass is 453 g/mol. The second-order valence-corrected chi connectivity index (χ2v) is 7.43. The minimum absolute atomic E-state index is 0.0493. The van der Waals surface area contributed by atoms with Gasteiger partial charge in [0.2, 0.25) is 5.95 Å². The molecule has 11 nitrogen and oxygen atoms in total. The molecule has 0 unspecified atom stereocenters. The van der Waals surface area contributed by atoms with E-state index in [4.69, 9.17) is 10.8 Å². The highest BCUT2D eigenvalue weighted by molar-refractivity contribution is 5.96. The van der Waals surface area contributed by atoms with Gasteiger partial charge in [0.1, 0.15) is 6.04 Å². The molecule has 0 radical (unpaired) electrons. The zero-order valence-electron chi connectivity index (χ0n) is 17.7. The van der Waals surface area contributed by atoms with Crippen LogP contribution in [-0.2, 0) is 16.1 Å². The van der Waals surface area contributed by atoms with E-state index in [2.05, 4.69) is 20.6 Å². The summed E-state index contributed by atoms with van der Waals surface area (Å²) in [6.07, 6.45) is -0.584. The Bertz CT molecular complexity index is 1270. The summed E-state index contributed by atoms with van der Waals surface area (Å²) in [5.74, 6) is -3.00. The number of aryl methyl sites for hydroxylation is 1. The number of hydrogen-bond acceptors (Lipinski definition) is 7. The lowest BCUT2D eigenvalue weighted by Crippen LogP contribution is -2.41. The number of anilines is 2. The Morgan fingerprint density at radius 1 is 1.12 bits per heavy atom. The molecule has 1 heterocycles. The summed E-state index contributed by atoms with van der Waals surface area (Å²) in [5.41, 5.74) is 8.31. The lowest BCUT2D eigenvalue weighted by molar-refractivity contribution is -0.140. The van der Waals surface area contributed by atoms with Gasteiger partial charge in [-0.3, -0.25) is 19.4 Å². The number of benzene rings is 2. The van der Waals surface area contributed by atoms with Crippen molar-refractivity contribution >= 4 is 40.4 Å². The van der Waals surface area contributed by atoms with Crippen LogP contribution in [0.3, 0.4) is 0 Å². The molecule has 172 valence electrons. The predicted octanol–water partition coefficient (Wildman–Crippen LogP) is 1.47. The average Bonchev–Trinajstić information content (AvgIpc) is 2.75. The average molecular weight is 453 g/mol. The number of hydrogen-bond donors (Lipinski definition) is 6. The fraction of sp³-hybridized carbons (Fsp3) is 0.227. The van der Waals surface area contributed by atoms with E-state index in [1.165, 1.54) is 0 Å². The van der Waals surface area contributed by atoms with Crippen LogP contribution >= 0.6 is 0 Å². The summed E-state index contributed by atoms with van der Waals surface area (Å²) in [6, 6.07) is 8.72. The summed E-state index contributed by atoms with van der Waals surface area (Å²) in [4.78, 5) is 53.1. The van der Waals surface area contributed by atoms with Gasteiger partial charge in [-0.1, -0.05) is 12.1 Å². The number of fused-ring (bicyclic) bond motifs is 1. The molecular formula is C22H23N5O6. The van der Waals surface area contributed by atoms with E-state index in [1.807, 2.05) is 0 Å². The number of amides is 1. The maximum Gasteiger partial charge on any atom is 0.326 e. The Kier molecular flexibility index (Phi) is 6.91. The van der Waals surface area contributed by atoms with Crippen molar-refractivity contribution in [2.75, 3.05) is 11.1 Å². The van der Waals surface area contributed by atoms with E-state index in [1.54, 1.807) is 43.3 Å². The van der Waals surface area contributed by atoms with Crippen LogP contribution in [0.2, 0.25) is 0 Å². The number of aromatic amines is 1. The Balaban J connectivity index is 1.67. The fourth-order valence-electron chi connectivity index (χ4n) is 3.34. The van der Waals surface area contributed by atoms with Gasteiger partial charge in [0, 0.05) is 24.2 Å². The summed E-state index contributed by atoms with van der Waals surface area (Å²) in [7, 11) is 0. The Labute approximate surface area is 187 Å². The van der Waals surface area contributed by atoms with E-state index >= 15 is 0 Å². The largest absolute Gasteiger partial charge is 0.481 e. The molecule has 0 aliphatic heterocycles. The van der Waals surface area contributed by atoms with Crippen LogP contribution in [0, 0.1) is 6.92 Å². The van der Waals surface area contributed by atoms with Gasteiger partial charge in [0.15, 0.2) is 0 Å². The number of nitrogens with two attached hydrogens (primary N) is 1. The number of carboxylic acid groups (broad SMARTS) is 2. The van der Waals surface area contributed by atoms with E-state index in [9.17, 15) is 24.3 Å². The zero-order valence-corrected chi connectivity index (χ0v) is 17.7. The first-order chi connectivity index (χ1) is 15.7. The molecule has 0 aliphatic rings. The molecule has 11 heteroatoms. The fourth-order valence-corrected chi connectivity index (χ4v) is 3.34.